The van der Waals surface area contributed by atoms with Gasteiger partial charge in [0, 0.05) is 6.54 Å². The predicted octanol–water partition coefficient (Wildman–Crippen LogP) is 2.90. The van der Waals surface area contributed by atoms with Gasteiger partial charge in [-0.25, -0.2) is 9.97 Å². The van der Waals surface area contributed by atoms with Crippen LogP contribution in [0.4, 0.5) is 5.82 Å². The van der Waals surface area contributed by atoms with Crippen molar-refractivity contribution in [2.24, 2.45) is 0 Å². The average molecular weight is 266 g/mol. The van der Waals surface area contributed by atoms with Gasteiger partial charge < -0.3 is 5.32 Å². The number of fused-ring (bicyclic) bond motifs is 1. The normalized spacial score (nSPS) is 10.9. The molecule has 0 spiro atoms. The van der Waals surface area contributed by atoms with E-state index in [0.29, 0.717) is 17.0 Å². The molecule has 2 rings (SSSR count). The van der Waals surface area contributed by atoms with E-state index < -0.39 is 0 Å². The fraction of sp³-hybridized carbons (Fsp3) is 0.500. The van der Waals surface area contributed by atoms with Crippen LogP contribution in [0.15, 0.2) is 0 Å². The van der Waals surface area contributed by atoms with Crippen LogP contribution < -0.4 is 5.32 Å². The van der Waals surface area contributed by atoms with Crippen LogP contribution in [-0.4, -0.2) is 26.5 Å². The largest absolute Gasteiger partial charge is 0.368 e. The maximum absolute atomic E-state index is 5.90. The Morgan fingerprint density at radius 1 is 1.06 bits per heavy atom. The number of aryl methyl sites for hydroxylation is 2. The molecule has 0 aliphatic rings. The molecule has 2 heterocycles. The maximum atomic E-state index is 5.90. The lowest BCUT2D eigenvalue weighted by Gasteiger charge is -2.08. The number of hydrogen-bond acceptors (Lipinski definition) is 5. The van der Waals surface area contributed by atoms with Crippen molar-refractivity contribution in [3.63, 3.8) is 0 Å². The SMILES string of the molecule is CCCCNc1nc(Cl)nc2nc(C)c(C)nc12. The van der Waals surface area contributed by atoms with E-state index in [1.807, 2.05) is 13.8 Å². The summed E-state index contributed by atoms with van der Waals surface area (Å²) in [4.78, 5) is 17.2. The van der Waals surface area contributed by atoms with Crippen molar-refractivity contribution in [2.45, 2.75) is 33.6 Å². The van der Waals surface area contributed by atoms with Crippen LogP contribution in [0.5, 0.6) is 0 Å². The van der Waals surface area contributed by atoms with Gasteiger partial charge in [-0.05, 0) is 31.9 Å². The van der Waals surface area contributed by atoms with Crippen LogP contribution in [-0.2, 0) is 0 Å². The Bertz CT molecular complexity index is 570. The first-order valence-electron chi connectivity index (χ1n) is 6.04. The number of nitrogens with one attached hydrogen (secondary N) is 1. The van der Waals surface area contributed by atoms with Crippen LogP contribution >= 0.6 is 11.6 Å². The summed E-state index contributed by atoms with van der Waals surface area (Å²) in [7, 11) is 0. The molecule has 0 atom stereocenters. The number of hydrogen-bond donors (Lipinski definition) is 1. The Balaban J connectivity index is 2.47. The molecule has 96 valence electrons. The second kappa shape index (κ2) is 5.44. The second-order valence-corrected chi connectivity index (χ2v) is 4.53. The Hall–Kier alpha value is -1.49. The topological polar surface area (TPSA) is 63.6 Å². The third kappa shape index (κ3) is 2.67. The number of halogens is 1. The molecule has 0 aliphatic heterocycles. The third-order valence-electron chi connectivity index (χ3n) is 2.74. The molecule has 0 aromatic carbocycles. The highest BCUT2D eigenvalue weighted by atomic mass is 35.5. The highest BCUT2D eigenvalue weighted by molar-refractivity contribution is 6.28. The van der Waals surface area contributed by atoms with Gasteiger partial charge in [0.25, 0.3) is 0 Å². The van der Waals surface area contributed by atoms with E-state index in [2.05, 4.69) is 32.2 Å². The highest BCUT2D eigenvalue weighted by Crippen LogP contribution is 2.20. The monoisotopic (exact) mass is 265 g/mol. The van der Waals surface area contributed by atoms with Crippen LogP contribution in [0.25, 0.3) is 11.2 Å². The van der Waals surface area contributed by atoms with E-state index in [1.54, 1.807) is 0 Å². The van der Waals surface area contributed by atoms with Crippen LogP contribution in [0.1, 0.15) is 31.2 Å². The molecule has 0 aliphatic carbocycles. The summed E-state index contributed by atoms with van der Waals surface area (Å²) in [5.41, 5.74) is 2.96. The van der Waals surface area contributed by atoms with E-state index >= 15 is 0 Å². The Morgan fingerprint density at radius 2 is 1.78 bits per heavy atom. The first-order chi connectivity index (χ1) is 8.61. The lowest BCUT2D eigenvalue weighted by Crippen LogP contribution is -2.07. The lowest BCUT2D eigenvalue weighted by atomic mass is 10.3. The summed E-state index contributed by atoms with van der Waals surface area (Å²) in [6, 6.07) is 0. The number of rotatable bonds is 4. The van der Waals surface area contributed by atoms with E-state index in [4.69, 9.17) is 11.6 Å². The summed E-state index contributed by atoms with van der Waals surface area (Å²) in [5.74, 6) is 0.661. The van der Waals surface area contributed by atoms with Crippen molar-refractivity contribution in [1.29, 1.82) is 0 Å². The van der Waals surface area contributed by atoms with Gasteiger partial charge >= 0.3 is 0 Å². The first kappa shape index (κ1) is 13.0. The van der Waals surface area contributed by atoms with E-state index in [1.165, 1.54) is 0 Å². The molecule has 5 nitrogen and oxygen atoms in total. The van der Waals surface area contributed by atoms with Gasteiger partial charge in [-0.2, -0.15) is 9.97 Å². The molecule has 18 heavy (non-hydrogen) atoms. The summed E-state index contributed by atoms with van der Waals surface area (Å²) >= 11 is 5.90. The minimum Gasteiger partial charge on any atom is -0.368 e. The van der Waals surface area contributed by atoms with Crippen molar-refractivity contribution < 1.29 is 0 Å². The van der Waals surface area contributed by atoms with Crippen molar-refractivity contribution in [1.82, 2.24) is 19.9 Å². The zero-order chi connectivity index (χ0) is 13.1. The molecule has 0 fully saturated rings. The van der Waals surface area contributed by atoms with Gasteiger partial charge in [0.1, 0.15) is 0 Å². The number of aromatic nitrogens is 4. The molecular formula is C12H16ClN5. The number of anilines is 1. The molecule has 0 saturated carbocycles. The molecule has 0 saturated heterocycles. The molecule has 0 unspecified atom stereocenters. The van der Waals surface area contributed by atoms with Crippen LogP contribution in [0.3, 0.4) is 0 Å². The Kier molecular flexibility index (Phi) is 3.91. The Labute approximate surface area is 111 Å². The van der Waals surface area contributed by atoms with Gasteiger partial charge in [0.15, 0.2) is 17.0 Å². The number of nitrogens with zero attached hydrogens (tertiary/aromatic N) is 4. The standard InChI is InChI=1S/C12H16ClN5/c1-4-5-6-14-10-9-11(18-12(13)17-10)16-8(3)7(2)15-9/h4-6H2,1-3H3,(H,14,16,17,18). The molecule has 2 aromatic heterocycles. The van der Waals surface area contributed by atoms with Gasteiger partial charge in [-0.15, -0.1) is 0 Å². The van der Waals surface area contributed by atoms with Crippen molar-refractivity contribution >= 4 is 28.6 Å². The fourth-order valence-corrected chi connectivity index (χ4v) is 1.76. The summed E-state index contributed by atoms with van der Waals surface area (Å²) in [6.07, 6.45) is 2.19. The second-order valence-electron chi connectivity index (χ2n) is 4.19. The van der Waals surface area contributed by atoms with E-state index in [9.17, 15) is 0 Å². The molecule has 0 radical (unpaired) electrons. The van der Waals surface area contributed by atoms with Gasteiger partial charge in [-0.3, -0.25) is 0 Å². The third-order valence-corrected chi connectivity index (χ3v) is 2.91. The average Bonchev–Trinajstić information content (AvgIpc) is 2.32. The fourth-order valence-electron chi connectivity index (χ4n) is 1.59. The Morgan fingerprint density at radius 3 is 2.50 bits per heavy atom. The summed E-state index contributed by atoms with van der Waals surface area (Å²) < 4.78 is 0. The maximum Gasteiger partial charge on any atom is 0.226 e. The summed E-state index contributed by atoms with van der Waals surface area (Å²) in [5, 5.41) is 3.43. The minimum absolute atomic E-state index is 0.194. The number of unbranched alkanes of at least 4 members (excludes halogenated alkanes) is 1. The predicted molar refractivity (Wildman–Crippen MR) is 73.0 cm³/mol. The van der Waals surface area contributed by atoms with Crippen LogP contribution in [0.2, 0.25) is 5.28 Å². The van der Waals surface area contributed by atoms with Gasteiger partial charge in [0.05, 0.1) is 11.4 Å². The molecular weight excluding hydrogens is 250 g/mol. The zero-order valence-corrected chi connectivity index (χ0v) is 11.5. The minimum atomic E-state index is 0.194. The smallest absolute Gasteiger partial charge is 0.226 e. The summed E-state index contributed by atoms with van der Waals surface area (Å²) in [6.45, 7) is 6.81. The van der Waals surface area contributed by atoms with E-state index in [-0.39, 0.29) is 5.28 Å². The quantitative estimate of drug-likeness (QED) is 0.680. The van der Waals surface area contributed by atoms with Gasteiger partial charge in [0.2, 0.25) is 5.28 Å². The molecule has 0 amide bonds. The molecule has 0 bridgehead atoms. The zero-order valence-electron chi connectivity index (χ0n) is 10.8. The van der Waals surface area contributed by atoms with Crippen molar-refractivity contribution in [2.75, 3.05) is 11.9 Å². The lowest BCUT2D eigenvalue weighted by molar-refractivity contribution is 0.831. The first-order valence-corrected chi connectivity index (χ1v) is 6.42. The molecule has 2 aromatic rings. The molecule has 6 heteroatoms. The van der Waals surface area contributed by atoms with E-state index in [0.717, 1.165) is 30.8 Å². The van der Waals surface area contributed by atoms with Crippen LogP contribution in [0, 0.1) is 13.8 Å². The highest BCUT2D eigenvalue weighted by Gasteiger charge is 2.10. The van der Waals surface area contributed by atoms with Gasteiger partial charge in [-0.1, -0.05) is 13.3 Å². The molecule has 1 N–H and O–H groups in total. The van der Waals surface area contributed by atoms with Crippen molar-refractivity contribution in [3.8, 4) is 0 Å². The van der Waals surface area contributed by atoms with Crippen molar-refractivity contribution in [3.05, 3.63) is 16.7 Å².